The third-order valence-electron chi connectivity index (χ3n) is 3.14. The minimum atomic E-state index is -0.995. The minimum absolute atomic E-state index is 0.0864. The summed E-state index contributed by atoms with van der Waals surface area (Å²) in [6.07, 6.45) is 0.983. The number of hydrogen-bond donors (Lipinski definition) is 1. The lowest BCUT2D eigenvalue weighted by Crippen LogP contribution is -2.04. The number of carboxylic acid groups (broad SMARTS) is 1. The standard InChI is InChI=1S/C15H18N2O2/c1-4-11-5-7-12(8-6-11)17-14(10(2)3)9-13(16-17)15(18)19/h5-10H,4H2,1-3H3,(H,18,19). The molecule has 0 saturated heterocycles. The van der Waals surface area contributed by atoms with Crippen molar-refractivity contribution < 1.29 is 9.90 Å². The molecule has 0 bridgehead atoms. The van der Waals surface area contributed by atoms with Crippen molar-refractivity contribution in [2.75, 3.05) is 0 Å². The fourth-order valence-electron chi connectivity index (χ4n) is 1.99. The maximum absolute atomic E-state index is 11.0. The monoisotopic (exact) mass is 258 g/mol. The Morgan fingerprint density at radius 2 is 1.95 bits per heavy atom. The average Bonchev–Trinajstić information content (AvgIpc) is 2.84. The van der Waals surface area contributed by atoms with Gasteiger partial charge in [-0.3, -0.25) is 0 Å². The summed E-state index contributed by atoms with van der Waals surface area (Å²) in [6.45, 7) is 6.16. The van der Waals surface area contributed by atoms with Gasteiger partial charge in [0.15, 0.2) is 5.69 Å². The predicted molar refractivity (Wildman–Crippen MR) is 74.0 cm³/mol. The number of nitrogens with zero attached hydrogens (tertiary/aromatic N) is 2. The smallest absolute Gasteiger partial charge is 0.356 e. The molecule has 100 valence electrons. The van der Waals surface area contributed by atoms with Crippen LogP contribution in [0.3, 0.4) is 0 Å². The highest BCUT2D eigenvalue weighted by Crippen LogP contribution is 2.20. The van der Waals surface area contributed by atoms with Crippen molar-refractivity contribution >= 4 is 5.97 Å². The van der Waals surface area contributed by atoms with E-state index in [9.17, 15) is 4.79 Å². The van der Waals surface area contributed by atoms with Gasteiger partial charge >= 0.3 is 5.97 Å². The highest BCUT2D eigenvalue weighted by Gasteiger charge is 2.16. The molecule has 0 aliphatic rings. The van der Waals surface area contributed by atoms with Crippen LogP contribution in [-0.2, 0) is 6.42 Å². The maximum atomic E-state index is 11.0. The van der Waals surface area contributed by atoms with Crippen molar-refractivity contribution in [1.82, 2.24) is 9.78 Å². The Morgan fingerprint density at radius 3 is 2.42 bits per heavy atom. The van der Waals surface area contributed by atoms with E-state index in [0.717, 1.165) is 17.8 Å². The Kier molecular flexibility index (Phi) is 3.69. The van der Waals surface area contributed by atoms with E-state index in [2.05, 4.69) is 12.0 Å². The van der Waals surface area contributed by atoms with Crippen LogP contribution in [0.2, 0.25) is 0 Å². The van der Waals surface area contributed by atoms with Gasteiger partial charge in [0.05, 0.1) is 5.69 Å². The highest BCUT2D eigenvalue weighted by atomic mass is 16.4. The van der Waals surface area contributed by atoms with Gasteiger partial charge in [-0.2, -0.15) is 5.10 Å². The summed E-state index contributed by atoms with van der Waals surface area (Å²) in [6, 6.07) is 9.68. The molecule has 2 rings (SSSR count). The molecule has 0 fully saturated rings. The lowest BCUT2D eigenvalue weighted by Gasteiger charge is -2.10. The van der Waals surface area contributed by atoms with E-state index in [1.807, 2.05) is 38.1 Å². The van der Waals surface area contributed by atoms with Crippen LogP contribution >= 0.6 is 0 Å². The van der Waals surface area contributed by atoms with E-state index < -0.39 is 5.97 Å². The van der Waals surface area contributed by atoms with Crippen molar-refractivity contribution in [2.45, 2.75) is 33.1 Å². The summed E-state index contributed by atoms with van der Waals surface area (Å²) < 4.78 is 1.72. The van der Waals surface area contributed by atoms with Gasteiger partial charge in [-0.1, -0.05) is 32.9 Å². The molecule has 0 amide bonds. The fourth-order valence-corrected chi connectivity index (χ4v) is 1.99. The topological polar surface area (TPSA) is 55.1 Å². The van der Waals surface area contributed by atoms with Crippen LogP contribution in [0.4, 0.5) is 0 Å². The van der Waals surface area contributed by atoms with Gasteiger partial charge in [0.1, 0.15) is 0 Å². The maximum Gasteiger partial charge on any atom is 0.356 e. The molecule has 0 aliphatic carbocycles. The highest BCUT2D eigenvalue weighted by molar-refractivity contribution is 5.85. The van der Waals surface area contributed by atoms with Gasteiger partial charge < -0.3 is 5.11 Å². The fraction of sp³-hybridized carbons (Fsp3) is 0.333. The van der Waals surface area contributed by atoms with Crippen LogP contribution in [0.1, 0.15) is 48.4 Å². The van der Waals surface area contributed by atoms with Crippen molar-refractivity contribution in [3.05, 3.63) is 47.3 Å². The van der Waals surface area contributed by atoms with E-state index in [4.69, 9.17) is 5.11 Å². The van der Waals surface area contributed by atoms with Crippen LogP contribution in [0.15, 0.2) is 30.3 Å². The summed E-state index contributed by atoms with van der Waals surface area (Å²) in [5.74, 6) is -0.780. The number of carboxylic acids is 1. The van der Waals surface area contributed by atoms with Crippen LogP contribution in [0, 0.1) is 0 Å². The average molecular weight is 258 g/mol. The van der Waals surface area contributed by atoms with Crippen LogP contribution in [0.5, 0.6) is 0 Å². The predicted octanol–water partition coefficient (Wildman–Crippen LogP) is 3.26. The lowest BCUT2D eigenvalue weighted by atomic mass is 10.1. The summed E-state index contributed by atoms with van der Waals surface area (Å²) >= 11 is 0. The second-order valence-electron chi connectivity index (χ2n) is 4.85. The van der Waals surface area contributed by atoms with Gasteiger partial charge in [0, 0.05) is 5.69 Å². The number of aryl methyl sites for hydroxylation is 1. The molecule has 0 spiro atoms. The van der Waals surface area contributed by atoms with Gasteiger partial charge in [-0.25, -0.2) is 9.48 Å². The quantitative estimate of drug-likeness (QED) is 0.915. The van der Waals surface area contributed by atoms with Crippen LogP contribution in [-0.4, -0.2) is 20.9 Å². The summed E-state index contributed by atoms with van der Waals surface area (Å²) in [7, 11) is 0. The molecule has 0 atom stereocenters. The molecular formula is C15H18N2O2. The normalized spacial score (nSPS) is 10.9. The zero-order chi connectivity index (χ0) is 14.0. The van der Waals surface area contributed by atoms with E-state index in [0.29, 0.717) is 0 Å². The minimum Gasteiger partial charge on any atom is -0.476 e. The summed E-state index contributed by atoms with van der Waals surface area (Å²) in [5.41, 5.74) is 3.14. The van der Waals surface area contributed by atoms with E-state index in [1.54, 1.807) is 10.7 Å². The first-order valence-electron chi connectivity index (χ1n) is 6.45. The number of aromatic carboxylic acids is 1. The number of benzene rings is 1. The van der Waals surface area contributed by atoms with E-state index in [1.165, 1.54) is 5.56 Å². The Hall–Kier alpha value is -2.10. The van der Waals surface area contributed by atoms with Crippen LogP contribution < -0.4 is 0 Å². The summed E-state index contributed by atoms with van der Waals surface area (Å²) in [4.78, 5) is 11.0. The lowest BCUT2D eigenvalue weighted by molar-refractivity contribution is 0.0690. The molecule has 0 aliphatic heterocycles. The number of aromatic nitrogens is 2. The molecule has 1 aromatic carbocycles. The van der Waals surface area contributed by atoms with Crippen molar-refractivity contribution in [3.63, 3.8) is 0 Å². The Balaban J connectivity index is 2.49. The van der Waals surface area contributed by atoms with Gasteiger partial charge in [0.25, 0.3) is 0 Å². The molecule has 2 aromatic rings. The Morgan fingerprint density at radius 1 is 1.32 bits per heavy atom. The number of rotatable bonds is 4. The molecule has 1 N–H and O–H groups in total. The SMILES string of the molecule is CCc1ccc(-n2nc(C(=O)O)cc2C(C)C)cc1. The number of hydrogen-bond acceptors (Lipinski definition) is 2. The molecule has 4 heteroatoms. The first-order valence-corrected chi connectivity index (χ1v) is 6.45. The van der Waals surface area contributed by atoms with Gasteiger partial charge in [0.2, 0.25) is 0 Å². The first kappa shape index (κ1) is 13.3. The second kappa shape index (κ2) is 5.26. The van der Waals surface area contributed by atoms with Gasteiger partial charge in [-0.05, 0) is 36.1 Å². The third-order valence-corrected chi connectivity index (χ3v) is 3.14. The molecule has 4 nitrogen and oxygen atoms in total. The molecule has 0 radical (unpaired) electrons. The molecule has 1 aromatic heterocycles. The Bertz CT molecular complexity index is 583. The molecule has 0 saturated carbocycles. The van der Waals surface area contributed by atoms with E-state index in [-0.39, 0.29) is 11.6 Å². The Labute approximate surface area is 112 Å². The molecular weight excluding hydrogens is 240 g/mol. The van der Waals surface area contributed by atoms with Gasteiger partial charge in [-0.15, -0.1) is 0 Å². The zero-order valence-corrected chi connectivity index (χ0v) is 11.4. The summed E-state index contributed by atoms with van der Waals surface area (Å²) in [5, 5.41) is 13.2. The zero-order valence-electron chi connectivity index (χ0n) is 11.4. The third kappa shape index (κ3) is 2.67. The van der Waals surface area contributed by atoms with E-state index >= 15 is 0 Å². The second-order valence-corrected chi connectivity index (χ2v) is 4.85. The molecule has 19 heavy (non-hydrogen) atoms. The number of carbonyl (C=O) groups is 1. The van der Waals surface area contributed by atoms with Crippen LogP contribution in [0.25, 0.3) is 5.69 Å². The molecule has 1 heterocycles. The van der Waals surface area contributed by atoms with Crippen molar-refractivity contribution in [1.29, 1.82) is 0 Å². The van der Waals surface area contributed by atoms with Crippen molar-refractivity contribution in [2.24, 2.45) is 0 Å². The molecule has 0 unspecified atom stereocenters. The largest absolute Gasteiger partial charge is 0.476 e. The first-order chi connectivity index (χ1) is 9.02. The van der Waals surface area contributed by atoms with Crippen molar-refractivity contribution in [3.8, 4) is 5.69 Å².